The standard InChI is InChI=1S/C12H23F3N4O/c1-17(4-2-3-16)11(20)9-18-5-7-19(8-6-18)10-12(13,14)15/h2-10,16H2,1H3. The van der Waals surface area contributed by atoms with Crippen molar-refractivity contribution in [2.24, 2.45) is 5.73 Å². The van der Waals surface area contributed by atoms with Crippen LogP contribution >= 0.6 is 0 Å². The van der Waals surface area contributed by atoms with E-state index >= 15 is 0 Å². The lowest BCUT2D eigenvalue weighted by atomic mass is 10.3. The second-order valence-corrected chi connectivity index (χ2v) is 5.12. The van der Waals surface area contributed by atoms with E-state index in [0.29, 0.717) is 39.3 Å². The molecule has 5 nitrogen and oxygen atoms in total. The van der Waals surface area contributed by atoms with Gasteiger partial charge in [-0.3, -0.25) is 14.6 Å². The molecule has 118 valence electrons. The molecule has 0 saturated carbocycles. The number of carbonyl (C=O) groups excluding carboxylic acids is 1. The predicted octanol–water partition coefficient (Wildman–Crippen LogP) is -0.0265. The number of hydrogen-bond donors (Lipinski definition) is 1. The number of carbonyl (C=O) groups is 1. The minimum Gasteiger partial charge on any atom is -0.345 e. The predicted molar refractivity (Wildman–Crippen MR) is 70.2 cm³/mol. The molecular weight excluding hydrogens is 273 g/mol. The van der Waals surface area contributed by atoms with Crippen molar-refractivity contribution >= 4 is 5.91 Å². The second kappa shape index (κ2) is 7.80. The number of nitrogens with two attached hydrogens (primary N) is 1. The smallest absolute Gasteiger partial charge is 0.345 e. The van der Waals surface area contributed by atoms with Crippen molar-refractivity contribution in [1.82, 2.24) is 14.7 Å². The molecular formula is C12H23F3N4O. The Morgan fingerprint density at radius 1 is 1.20 bits per heavy atom. The molecule has 1 fully saturated rings. The average molecular weight is 296 g/mol. The van der Waals surface area contributed by atoms with Crippen LogP contribution in [0.5, 0.6) is 0 Å². The summed E-state index contributed by atoms with van der Waals surface area (Å²) in [5.41, 5.74) is 5.38. The van der Waals surface area contributed by atoms with Crippen LogP contribution in [0, 0.1) is 0 Å². The van der Waals surface area contributed by atoms with Gasteiger partial charge in [-0.05, 0) is 13.0 Å². The monoisotopic (exact) mass is 296 g/mol. The van der Waals surface area contributed by atoms with Crippen molar-refractivity contribution in [2.45, 2.75) is 12.6 Å². The van der Waals surface area contributed by atoms with Crippen LogP contribution < -0.4 is 5.73 Å². The zero-order valence-corrected chi connectivity index (χ0v) is 11.8. The highest BCUT2D eigenvalue weighted by molar-refractivity contribution is 5.77. The fraction of sp³-hybridized carbons (Fsp3) is 0.917. The Hall–Kier alpha value is -0.860. The summed E-state index contributed by atoms with van der Waals surface area (Å²) >= 11 is 0. The van der Waals surface area contributed by atoms with Gasteiger partial charge in [0.1, 0.15) is 0 Å². The number of piperazine rings is 1. The van der Waals surface area contributed by atoms with Crippen molar-refractivity contribution in [3.63, 3.8) is 0 Å². The third kappa shape index (κ3) is 6.53. The molecule has 0 spiro atoms. The number of rotatable bonds is 6. The number of likely N-dealkylation sites (N-methyl/N-ethyl adjacent to an activating group) is 1. The highest BCUT2D eigenvalue weighted by atomic mass is 19.4. The molecule has 8 heteroatoms. The van der Waals surface area contributed by atoms with E-state index in [2.05, 4.69) is 0 Å². The molecule has 0 aliphatic carbocycles. The summed E-state index contributed by atoms with van der Waals surface area (Å²) in [7, 11) is 1.72. The van der Waals surface area contributed by atoms with Gasteiger partial charge in [0.05, 0.1) is 13.1 Å². The minimum absolute atomic E-state index is 0.0114. The van der Waals surface area contributed by atoms with E-state index in [9.17, 15) is 18.0 Å². The van der Waals surface area contributed by atoms with Crippen molar-refractivity contribution in [3.05, 3.63) is 0 Å². The maximum Gasteiger partial charge on any atom is 0.401 e. The van der Waals surface area contributed by atoms with Crippen LogP contribution in [0.1, 0.15) is 6.42 Å². The van der Waals surface area contributed by atoms with Crippen LogP contribution in [-0.4, -0.2) is 86.2 Å². The van der Waals surface area contributed by atoms with E-state index in [4.69, 9.17) is 5.73 Å². The quantitative estimate of drug-likeness (QED) is 0.748. The summed E-state index contributed by atoms with van der Waals surface area (Å²) in [4.78, 5) is 16.8. The van der Waals surface area contributed by atoms with Gasteiger partial charge in [-0.2, -0.15) is 13.2 Å². The van der Waals surface area contributed by atoms with Gasteiger partial charge in [-0.15, -0.1) is 0 Å². The van der Waals surface area contributed by atoms with Crippen molar-refractivity contribution in [1.29, 1.82) is 0 Å². The Morgan fingerprint density at radius 2 is 1.75 bits per heavy atom. The fourth-order valence-electron chi connectivity index (χ4n) is 2.12. The summed E-state index contributed by atoms with van der Waals surface area (Å²) in [6.07, 6.45) is -3.40. The normalized spacial score (nSPS) is 18.2. The second-order valence-electron chi connectivity index (χ2n) is 5.12. The first-order valence-electron chi connectivity index (χ1n) is 6.77. The summed E-state index contributed by atoms with van der Waals surface area (Å²) in [5.74, 6) is -0.0114. The molecule has 20 heavy (non-hydrogen) atoms. The molecule has 0 radical (unpaired) electrons. The van der Waals surface area contributed by atoms with Crippen LogP contribution in [-0.2, 0) is 4.79 Å². The number of hydrogen-bond acceptors (Lipinski definition) is 4. The Morgan fingerprint density at radius 3 is 2.25 bits per heavy atom. The zero-order valence-electron chi connectivity index (χ0n) is 11.8. The lowest BCUT2D eigenvalue weighted by Gasteiger charge is -2.35. The van der Waals surface area contributed by atoms with Crippen LogP contribution in [0.3, 0.4) is 0 Å². The third-order valence-electron chi connectivity index (χ3n) is 3.35. The molecule has 0 unspecified atom stereocenters. The highest BCUT2D eigenvalue weighted by Gasteiger charge is 2.32. The zero-order chi connectivity index (χ0) is 15.2. The Bertz CT molecular complexity index is 304. The molecule has 0 aromatic carbocycles. The Kier molecular flexibility index (Phi) is 6.70. The number of alkyl halides is 3. The van der Waals surface area contributed by atoms with Gasteiger partial charge in [-0.1, -0.05) is 0 Å². The Labute approximate surface area is 117 Å². The first-order chi connectivity index (χ1) is 9.31. The van der Waals surface area contributed by atoms with E-state index in [1.807, 2.05) is 4.90 Å². The maximum atomic E-state index is 12.2. The van der Waals surface area contributed by atoms with Crippen LogP contribution in [0.15, 0.2) is 0 Å². The van der Waals surface area contributed by atoms with Gasteiger partial charge in [0.15, 0.2) is 0 Å². The first kappa shape index (κ1) is 17.2. The summed E-state index contributed by atoms with van der Waals surface area (Å²) in [5, 5.41) is 0. The number of halogens is 3. The van der Waals surface area contributed by atoms with E-state index in [0.717, 1.165) is 6.42 Å². The SMILES string of the molecule is CN(CCCN)C(=O)CN1CCN(CC(F)(F)F)CC1. The summed E-state index contributed by atoms with van der Waals surface area (Å²) in [6, 6.07) is 0. The molecule has 2 N–H and O–H groups in total. The molecule has 0 bridgehead atoms. The van der Waals surface area contributed by atoms with Crippen LogP contribution in [0.4, 0.5) is 13.2 Å². The third-order valence-corrected chi connectivity index (χ3v) is 3.35. The topological polar surface area (TPSA) is 52.8 Å². The van der Waals surface area contributed by atoms with Gasteiger partial charge >= 0.3 is 6.18 Å². The van der Waals surface area contributed by atoms with Crippen molar-refractivity contribution in [3.8, 4) is 0 Å². The molecule has 0 aromatic rings. The lowest BCUT2D eigenvalue weighted by Crippen LogP contribution is -2.51. The molecule has 1 aliphatic rings. The van der Waals surface area contributed by atoms with Gasteiger partial charge < -0.3 is 10.6 Å². The van der Waals surface area contributed by atoms with E-state index < -0.39 is 12.7 Å². The summed E-state index contributed by atoms with van der Waals surface area (Å²) < 4.78 is 36.7. The maximum absolute atomic E-state index is 12.2. The van der Waals surface area contributed by atoms with Gasteiger partial charge in [-0.25, -0.2) is 0 Å². The fourth-order valence-corrected chi connectivity index (χ4v) is 2.12. The van der Waals surface area contributed by atoms with Gasteiger partial charge in [0, 0.05) is 39.8 Å². The average Bonchev–Trinajstić information content (AvgIpc) is 2.36. The molecule has 1 saturated heterocycles. The largest absolute Gasteiger partial charge is 0.401 e. The van der Waals surface area contributed by atoms with E-state index in [-0.39, 0.29) is 12.5 Å². The molecule has 1 heterocycles. The lowest BCUT2D eigenvalue weighted by molar-refractivity contribution is -0.150. The van der Waals surface area contributed by atoms with Crippen molar-refractivity contribution < 1.29 is 18.0 Å². The molecule has 0 atom stereocenters. The number of nitrogens with zero attached hydrogens (tertiary/aromatic N) is 3. The highest BCUT2D eigenvalue weighted by Crippen LogP contribution is 2.17. The molecule has 1 amide bonds. The van der Waals surface area contributed by atoms with E-state index in [1.54, 1.807) is 11.9 Å². The molecule has 1 rings (SSSR count). The molecule has 0 aromatic heterocycles. The first-order valence-corrected chi connectivity index (χ1v) is 6.77. The van der Waals surface area contributed by atoms with Crippen LogP contribution in [0.2, 0.25) is 0 Å². The van der Waals surface area contributed by atoms with Gasteiger partial charge in [0.2, 0.25) is 5.91 Å². The summed E-state index contributed by atoms with van der Waals surface area (Å²) in [6.45, 7) is 2.22. The number of amides is 1. The van der Waals surface area contributed by atoms with Crippen LogP contribution in [0.25, 0.3) is 0 Å². The van der Waals surface area contributed by atoms with E-state index in [1.165, 1.54) is 4.90 Å². The Balaban J connectivity index is 2.26. The minimum atomic E-state index is -4.15. The molecule has 1 aliphatic heterocycles. The van der Waals surface area contributed by atoms with Gasteiger partial charge in [0.25, 0.3) is 0 Å². The van der Waals surface area contributed by atoms with Crippen molar-refractivity contribution in [2.75, 3.05) is 59.4 Å².